The van der Waals surface area contributed by atoms with Crippen LogP contribution in [-0.4, -0.2) is 36.7 Å². The number of nitrogens with one attached hydrogen (secondary N) is 1. The van der Waals surface area contributed by atoms with Gasteiger partial charge in [0.2, 0.25) is 5.95 Å². The van der Waals surface area contributed by atoms with Gasteiger partial charge >= 0.3 is 0 Å². The standard InChI is InChI=1S/C18H23N7/c1-3-25-14-22-23-17(25)13-24(2)12-16-10-20-18(21-11-16)19-9-15-7-5-4-6-8-15/h4-8,10-11,14H,3,9,12-13H2,1-2H3,(H,19,20,21). The van der Waals surface area contributed by atoms with Gasteiger partial charge in [0.1, 0.15) is 12.2 Å². The van der Waals surface area contributed by atoms with Crippen LogP contribution in [0.5, 0.6) is 0 Å². The molecule has 0 aliphatic heterocycles. The fourth-order valence-corrected chi connectivity index (χ4v) is 2.58. The summed E-state index contributed by atoms with van der Waals surface area (Å²) in [6.45, 7) is 5.17. The Morgan fingerprint density at radius 1 is 1.04 bits per heavy atom. The quantitative estimate of drug-likeness (QED) is 0.680. The van der Waals surface area contributed by atoms with E-state index in [2.05, 4.69) is 56.5 Å². The second kappa shape index (κ2) is 8.34. The van der Waals surface area contributed by atoms with Crippen LogP contribution >= 0.6 is 0 Å². The largest absolute Gasteiger partial charge is 0.350 e. The maximum Gasteiger partial charge on any atom is 0.222 e. The predicted molar refractivity (Wildman–Crippen MR) is 96.7 cm³/mol. The lowest BCUT2D eigenvalue weighted by Gasteiger charge is -2.16. The zero-order chi connectivity index (χ0) is 17.5. The van der Waals surface area contributed by atoms with Crippen molar-refractivity contribution in [2.75, 3.05) is 12.4 Å². The highest BCUT2D eigenvalue weighted by Gasteiger charge is 2.08. The van der Waals surface area contributed by atoms with Gasteiger partial charge in [0.05, 0.1) is 6.54 Å². The van der Waals surface area contributed by atoms with Crippen molar-refractivity contribution in [3.05, 3.63) is 66.0 Å². The monoisotopic (exact) mass is 337 g/mol. The minimum Gasteiger partial charge on any atom is -0.350 e. The van der Waals surface area contributed by atoms with Crippen LogP contribution in [0.3, 0.4) is 0 Å². The zero-order valence-corrected chi connectivity index (χ0v) is 14.6. The maximum atomic E-state index is 4.40. The molecule has 3 rings (SSSR count). The molecule has 7 heteroatoms. The SMILES string of the molecule is CCn1cnnc1CN(C)Cc1cnc(NCc2ccccc2)nc1. The van der Waals surface area contributed by atoms with Crippen molar-refractivity contribution >= 4 is 5.95 Å². The van der Waals surface area contributed by atoms with Crippen molar-refractivity contribution in [1.82, 2.24) is 29.6 Å². The highest BCUT2D eigenvalue weighted by molar-refractivity contribution is 5.27. The highest BCUT2D eigenvalue weighted by atomic mass is 15.3. The fourth-order valence-electron chi connectivity index (χ4n) is 2.58. The third-order valence-corrected chi connectivity index (χ3v) is 3.90. The Morgan fingerprint density at radius 2 is 1.80 bits per heavy atom. The molecule has 1 aromatic carbocycles. The molecule has 1 N–H and O–H groups in total. The minimum absolute atomic E-state index is 0.640. The summed E-state index contributed by atoms with van der Waals surface area (Å²) in [5, 5.41) is 11.4. The van der Waals surface area contributed by atoms with E-state index in [4.69, 9.17) is 0 Å². The van der Waals surface area contributed by atoms with E-state index in [0.29, 0.717) is 12.5 Å². The average Bonchev–Trinajstić information content (AvgIpc) is 3.09. The van der Waals surface area contributed by atoms with Crippen molar-refractivity contribution in [3.8, 4) is 0 Å². The van der Waals surface area contributed by atoms with Crippen molar-refractivity contribution in [1.29, 1.82) is 0 Å². The molecule has 0 fully saturated rings. The molecule has 2 heterocycles. The maximum absolute atomic E-state index is 4.40. The Bertz CT molecular complexity index is 768. The molecule has 0 radical (unpaired) electrons. The molecule has 0 saturated carbocycles. The van der Waals surface area contributed by atoms with Gasteiger partial charge in [-0.2, -0.15) is 0 Å². The van der Waals surface area contributed by atoms with E-state index in [0.717, 1.165) is 31.0 Å². The zero-order valence-electron chi connectivity index (χ0n) is 14.6. The fraction of sp³-hybridized carbons (Fsp3) is 0.333. The van der Waals surface area contributed by atoms with Crippen molar-refractivity contribution < 1.29 is 0 Å². The Kier molecular flexibility index (Phi) is 5.69. The normalized spacial score (nSPS) is 11.0. The third-order valence-electron chi connectivity index (χ3n) is 3.90. The highest BCUT2D eigenvalue weighted by Crippen LogP contribution is 2.08. The van der Waals surface area contributed by atoms with Crippen LogP contribution in [0, 0.1) is 0 Å². The Hall–Kier alpha value is -2.80. The summed E-state index contributed by atoms with van der Waals surface area (Å²) in [6, 6.07) is 10.2. The first-order valence-corrected chi connectivity index (χ1v) is 8.38. The van der Waals surface area contributed by atoms with Gasteiger partial charge in [0.15, 0.2) is 0 Å². The lowest BCUT2D eigenvalue weighted by Crippen LogP contribution is -2.20. The lowest BCUT2D eigenvalue weighted by molar-refractivity contribution is 0.304. The Labute approximate surface area is 147 Å². The number of hydrogen-bond donors (Lipinski definition) is 1. The molecular weight excluding hydrogens is 314 g/mol. The smallest absolute Gasteiger partial charge is 0.222 e. The molecule has 0 aliphatic rings. The summed E-state index contributed by atoms with van der Waals surface area (Å²) >= 11 is 0. The molecule has 0 aliphatic carbocycles. The van der Waals surface area contributed by atoms with E-state index in [1.54, 1.807) is 6.33 Å². The number of hydrogen-bond acceptors (Lipinski definition) is 6. The van der Waals surface area contributed by atoms with Crippen molar-refractivity contribution in [2.24, 2.45) is 0 Å². The molecule has 0 atom stereocenters. The van der Waals surface area contributed by atoms with Crippen LogP contribution in [0.15, 0.2) is 49.1 Å². The van der Waals surface area contributed by atoms with Crippen LogP contribution in [0.25, 0.3) is 0 Å². The van der Waals surface area contributed by atoms with Gasteiger partial charge in [-0.3, -0.25) is 4.90 Å². The van der Waals surface area contributed by atoms with E-state index in [1.807, 2.05) is 35.2 Å². The first-order chi connectivity index (χ1) is 12.2. The summed E-state index contributed by atoms with van der Waals surface area (Å²) in [5.74, 6) is 1.60. The van der Waals surface area contributed by atoms with Gasteiger partial charge < -0.3 is 9.88 Å². The van der Waals surface area contributed by atoms with Crippen LogP contribution < -0.4 is 5.32 Å². The Morgan fingerprint density at radius 3 is 2.52 bits per heavy atom. The number of benzene rings is 1. The van der Waals surface area contributed by atoms with Crippen LogP contribution in [0.2, 0.25) is 0 Å². The molecular formula is C18H23N7. The Balaban J connectivity index is 1.51. The van der Waals surface area contributed by atoms with Gasteiger partial charge in [-0.15, -0.1) is 10.2 Å². The van der Waals surface area contributed by atoms with Crippen LogP contribution in [-0.2, 0) is 26.2 Å². The first kappa shape index (κ1) is 17.0. The summed E-state index contributed by atoms with van der Waals surface area (Å²) in [4.78, 5) is 11.0. The van der Waals surface area contributed by atoms with E-state index in [-0.39, 0.29) is 0 Å². The second-order valence-corrected chi connectivity index (χ2v) is 5.96. The average molecular weight is 337 g/mol. The lowest BCUT2D eigenvalue weighted by atomic mass is 10.2. The van der Waals surface area contributed by atoms with Gasteiger partial charge in [0, 0.05) is 37.6 Å². The first-order valence-electron chi connectivity index (χ1n) is 8.38. The molecule has 130 valence electrons. The van der Waals surface area contributed by atoms with Crippen molar-refractivity contribution in [2.45, 2.75) is 33.1 Å². The molecule has 0 spiro atoms. The minimum atomic E-state index is 0.640. The van der Waals surface area contributed by atoms with E-state index in [1.165, 1.54) is 5.56 Å². The number of nitrogens with zero attached hydrogens (tertiary/aromatic N) is 6. The van der Waals surface area contributed by atoms with Crippen LogP contribution in [0.4, 0.5) is 5.95 Å². The van der Waals surface area contributed by atoms with E-state index < -0.39 is 0 Å². The van der Waals surface area contributed by atoms with Gasteiger partial charge in [-0.25, -0.2) is 9.97 Å². The molecule has 0 saturated heterocycles. The predicted octanol–water partition coefficient (Wildman–Crippen LogP) is 2.33. The summed E-state index contributed by atoms with van der Waals surface area (Å²) in [5.41, 5.74) is 2.27. The molecule has 0 unspecified atom stereocenters. The van der Waals surface area contributed by atoms with E-state index >= 15 is 0 Å². The molecule has 25 heavy (non-hydrogen) atoms. The van der Waals surface area contributed by atoms with Crippen LogP contribution in [0.1, 0.15) is 23.9 Å². The molecule has 3 aromatic rings. The number of rotatable bonds is 8. The third kappa shape index (κ3) is 4.84. The van der Waals surface area contributed by atoms with Gasteiger partial charge in [0.25, 0.3) is 0 Å². The van der Waals surface area contributed by atoms with Gasteiger partial charge in [-0.05, 0) is 19.5 Å². The van der Waals surface area contributed by atoms with Gasteiger partial charge in [-0.1, -0.05) is 30.3 Å². The number of aryl methyl sites for hydroxylation is 1. The van der Waals surface area contributed by atoms with Crippen molar-refractivity contribution in [3.63, 3.8) is 0 Å². The number of anilines is 1. The topological polar surface area (TPSA) is 71.8 Å². The summed E-state index contributed by atoms with van der Waals surface area (Å²) in [6.07, 6.45) is 5.49. The second-order valence-electron chi connectivity index (χ2n) is 5.96. The summed E-state index contributed by atoms with van der Waals surface area (Å²) in [7, 11) is 2.05. The molecule has 2 aromatic heterocycles. The number of aromatic nitrogens is 5. The summed E-state index contributed by atoms with van der Waals surface area (Å²) < 4.78 is 2.05. The van der Waals surface area contributed by atoms with E-state index in [9.17, 15) is 0 Å². The molecule has 7 nitrogen and oxygen atoms in total. The molecule has 0 amide bonds. The molecule has 0 bridgehead atoms.